The van der Waals surface area contributed by atoms with Gasteiger partial charge in [0.05, 0.1) is 0 Å². The van der Waals surface area contributed by atoms with E-state index >= 15 is 0 Å². The Balaban J connectivity index is 1.50. The SMILES string of the molecule is CN=C(NCC1CCCC(C)C1)N1CCC(C2(C)NC(=O)NC2=O)CC1. The molecular weight excluding hydrogens is 330 g/mol. The molecule has 2 heterocycles. The van der Waals surface area contributed by atoms with Gasteiger partial charge in [-0.25, -0.2) is 4.79 Å². The number of likely N-dealkylation sites (tertiary alicyclic amines) is 1. The fraction of sp³-hybridized carbons (Fsp3) is 0.842. The number of imide groups is 1. The molecule has 3 unspecified atom stereocenters. The number of aliphatic imine (C=N–C) groups is 1. The van der Waals surface area contributed by atoms with Crippen molar-refractivity contribution in [2.24, 2.45) is 22.7 Å². The Bertz CT molecular complexity index is 570. The Morgan fingerprint density at radius 3 is 2.58 bits per heavy atom. The van der Waals surface area contributed by atoms with E-state index in [1.165, 1.54) is 25.7 Å². The smallest absolute Gasteiger partial charge is 0.322 e. The second-order valence-corrected chi connectivity index (χ2v) is 8.44. The van der Waals surface area contributed by atoms with Crippen LogP contribution in [-0.4, -0.2) is 55.0 Å². The highest BCUT2D eigenvalue weighted by molar-refractivity contribution is 6.07. The minimum atomic E-state index is -0.779. The first-order chi connectivity index (χ1) is 12.4. The zero-order chi connectivity index (χ0) is 18.7. The van der Waals surface area contributed by atoms with Crippen LogP contribution in [0.3, 0.4) is 0 Å². The molecule has 26 heavy (non-hydrogen) atoms. The van der Waals surface area contributed by atoms with Gasteiger partial charge in [0.1, 0.15) is 5.54 Å². The number of urea groups is 1. The summed E-state index contributed by atoms with van der Waals surface area (Å²) in [5, 5.41) is 8.75. The Kier molecular flexibility index (Phi) is 5.73. The van der Waals surface area contributed by atoms with E-state index in [1.54, 1.807) is 0 Å². The molecule has 0 aromatic carbocycles. The van der Waals surface area contributed by atoms with Crippen LogP contribution in [0.4, 0.5) is 4.79 Å². The molecule has 0 bridgehead atoms. The summed E-state index contributed by atoms with van der Waals surface area (Å²) in [5.74, 6) is 2.50. The van der Waals surface area contributed by atoms with Crippen LogP contribution < -0.4 is 16.0 Å². The number of nitrogens with one attached hydrogen (secondary N) is 3. The summed E-state index contributed by atoms with van der Waals surface area (Å²) < 4.78 is 0. The number of hydrogen-bond donors (Lipinski definition) is 3. The maximum Gasteiger partial charge on any atom is 0.322 e. The number of carbonyl (C=O) groups is 2. The largest absolute Gasteiger partial charge is 0.356 e. The highest BCUT2D eigenvalue weighted by Crippen LogP contribution is 2.31. The van der Waals surface area contributed by atoms with E-state index in [2.05, 4.69) is 32.8 Å². The van der Waals surface area contributed by atoms with Crippen LogP contribution in [0, 0.1) is 17.8 Å². The van der Waals surface area contributed by atoms with Crippen molar-refractivity contribution in [1.82, 2.24) is 20.9 Å². The second kappa shape index (κ2) is 7.84. The van der Waals surface area contributed by atoms with Gasteiger partial charge in [-0.15, -0.1) is 0 Å². The summed E-state index contributed by atoms with van der Waals surface area (Å²) in [5.41, 5.74) is -0.779. The van der Waals surface area contributed by atoms with Gasteiger partial charge in [0.15, 0.2) is 5.96 Å². The number of guanidine groups is 1. The van der Waals surface area contributed by atoms with Crippen LogP contribution in [0.2, 0.25) is 0 Å². The first-order valence-corrected chi connectivity index (χ1v) is 10.0. The number of nitrogens with zero attached hydrogens (tertiary/aromatic N) is 2. The van der Waals surface area contributed by atoms with Gasteiger partial charge in [0.25, 0.3) is 5.91 Å². The summed E-state index contributed by atoms with van der Waals surface area (Å²) in [6.45, 7) is 6.89. The third kappa shape index (κ3) is 3.96. The highest BCUT2D eigenvalue weighted by Gasteiger charge is 2.48. The molecule has 2 aliphatic heterocycles. The normalized spacial score (nSPS) is 33.8. The lowest BCUT2D eigenvalue weighted by Gasteiger charge is -2.40. The summed E-state index contributed by atoms with van der Waals surface area (Å²) in [4.78, 5) is 30.4. The first-order valence-electron chi connectivity index (χ1n) is 10.0. The van der Waals surface area contributed by atoms with Crippen molar-refractivity contribution in [3.05, 3.63) is 0 Å². The Morgan fingerprint density at radius 1 is 1.27 bits per heavy atom. The molecule has 3 fully saturated rings. The molecule has 3 N–H and O–H groups in total. The number of amides is 3. The maximum atomic E-state index is 12.1. The van der Waals surface area contributed by atoms with Crippen LogP contribution in [0.15, 0.2) is 4.99 Å². The summed E-state index contributed by atoms with van der Waals surface area (Å²) in [6, 6.07) is -0.376. The van der Waals surface area contributed by atoms with Crippen LogP contribution >= 0.6 is 0 Å². The van der Waals surface area contributed by atoms with Gasteiger partial charge >= 0.3 is 6.03 Å². The predicted octanol–water partition coefficient (Wildman–Crippen LogP) is 1.70. The van der Waals surface area contributed by atoms with Crippen molar-refractivity contribution < 1.29 is 9.59 Å². The number of rotatable bonds is 3. The lowest BCUT2D eigenvalue weighted by Crippen LogP contribution is -2.55. The van der Waals surface area contributed by atoms with Gasteiger partial charge in [0.2, 0.25) is 0 Å². The van der Waals surface area contributed by atoms with E-state index in [4.69, 9.17) is 0 Å². The zero-order valence-electron chi connectivity index (χ0n) is 16.3. The monoisotopic (exact) mass is 363 g/mol. The Hall–Kier alpha value is -1.79. The van der Waals surface area contributed by atoms with Crippen LogP contribution in [0.25, 0.3) is 0 Å². The highest BCUT2D eigenvalue weighted by atomic mass is 16.2. The molecule has 0 spiro atoms. The standard InChI is InChI=1S/C19H33N5O2/c1-13-5-4-6-14(11-13)12-21-17(20-3)24-9-7-15(8-10-24)19(2)16(25)22-18(26)23-19/h13-15H,4-12H2,1-3H3,(H,20,21)(H2,22,23,25,26). The minimum absolute atomic E-state index is 0.155. The Morgan fingerprint density at radius 2 is 2.00 bits per heavy atom. The van der Waals surface area contributed by atoms with Crippen LogP contribution in [0.5, 0.6) is 0 Å². The lowest BCUT2D eigenvalue weighted by molar-refractivity contribution is -0.125. The zero-order valence-corrected chi connectivity index (χ0v) is 16.3. The second-order valence-electron chi connectivity index (χ2n) is 8.44. The average molecular weight is 364 g/mol. The van der Waals surface area contributed by atoms with E-state index in [1.807, 2.05) is 14.0 Å². The van der Waals surface area contributed by atoms with Gasteiger partial charge in [0, 0.05) is 26.7 Å². The van der Waals surface area contributed by atoms with Crippen molar-refractivity contribution in [2.75, 3.05) is 26.7 Å². The lowest BCUT2D eigenvalue weighted by atomic mass is 9.79. The molecule has 3 amide bonds. The summed E-state index contributed by atoms with van der Waals surface area (Å²) in [7, 11) is 1.84. The molecule has 3 atom stereocenters. The molecule has 7 heteroatoms. The fourth-order valence-corrected chi connectivity index (χ4v) is 4.83. The quantitative estimate of drug-likeness (QED) is 0.405. The molecule has 1 aliphatic carbocycles. The maximum absolute atomic E-state index is 12.1. The number of carbonyl (C=O) groups excluding carboxylic acids is 2. The molecule has 1 saturated carbocycles. The molecule has 0 radical (unpaired) electrons. The van der Waals surface area contributed by atoms with Crippen molar-refractivity contribution in [2.45, 2.75) is 57.9 Å². The molecule has 0 aromatic heterocycles. The van der Waals surface area contributed by atoms with Gasteiger partial charge in [-0.1, -0.05) is 19.8 Å². The van der Waals surface area contributed by atoms with E-state index in [0.29, 0.717) is 0 Å². The van der Waals surface area contributed by atoms with Crippen LogP contribution in [-0.2, 0) is 4.79 Å². The third-order valence-electron chi connectivity index (χ3n) is 6.49. The number of piperidine rings is 1. The first kappa shape index (κ1) is 19.0. The van der Waals surface area contributed by atoms with Crippen molar-refractivity contribution in [1.29, 1.82) is 0 Å². The third-order valence-corrected chi connectivity index (χ3v) is 6.49. The van der Waals surface area contributed by atoms with Crippen molar-refractivity contribution in [3.8, 4) is 0 Å². The van der Waals surface area contributed by atoms with E-state index in [-0.39, 0.29) is 17.9 Å². The van der Waals surface area contributed by atoms with Gasteiger partial charge < -0.3 is 15.5 Å². The molecule has 3 aliphatic rings. The van der Waals surface area contributed by atoms with E-state index < -0.39 is 5.54 Å². The molecule has 3 rings (SSSR count). The summed E-state index contributed by atoms with van der Waals surface area (Å²) in [6.07, 6.45) is 7.05. The van der Waals surface area contributed by atoms with Crippen LogP contribution in [0.1, 0.15) is 52.4 Å². The van der Waals surface area contributed by atoms with Gasteiger partial charge in [-0.05, 0) is 50.4 Å². The molecule has 146 valence electrons. The van der Waals surface area contributed by atoms with E-state index in [9.17, 15) is 9.59 Å². The average Bonchev–Trinajstić information content (AvgIpc) is 2.89. The Labute approximate surface area is 156 Å². The van der Waals surface area contributed by atoms with Crippen molar-refractivity contribution in [3.63, 3.8) is 0 Å². The van der Waals surface area contributed by atoms with Crippen molar-refractivity contribution >= 4 is 17.9 Å². The number of hydrogen-bond acceptors (Lipinski definition) is 3. The molecule has 2 saturated heterocycles. The van der Waals surface area contributed by atoms with E-state index in [0.717, 1.165) is 50.3 Å². The summed E-state index contributed by atoms with van der Waals surface area (Å²) >= 11 is 0. The van der Waals surface area contributed by atoms with Gasteiger partial charge in [-0.3, -0.25) is 15.1 Å². The topological polar surface area (TPSA) is 85.8 Å². The minimum Gasteiger partial charge on any atom is -0.356 e. The fourth-order valence-electron chi connectivity index (χ4n) is 4.83. The van der Waals surface area contributed by atoms with Gasteiger partial charge in [-0.2, -0.15) is 0 Å². The molecular formula is C19H33N5O2. The predicted molar refractivity (Wildman–Crippen MR) is 102 cm³/mol. The molecule has 0 aromatic rings. The molecule has 7 nitrogen and oxygen atoms in total.